The molecule has 0 unspecified atom stereocenters. The van der Waals surface area contributed by atoms with E-state index in [1.165, 1.54) is 6.07 Å². The summed E-state index contributed by atoms with van der Waals surface area (Å²) in [6.07, 6.45) is 3.84. The molecule has 1 N–H and O–H groups in total. The van der Waals surface area contributed by atoms with Gasteiger partial charge in [0.05, 0.1) is 16.3 Å². The molecule has 0 bridgehead atoms. The number of carbonyl (C=O) groups excluding carboxylic acids is 1. The fraction of sp³-hybridized carbons (Fsp3) is 0.231. The largest absolute Gasteiger partial charge is 0.366 e. The summed E-state index contributed by atoms with van der Waals surface area (Å²) in [4.78, 5) is 15.1. The molecule has 2 aromatic carbocycles. The number of aromatic nitrogens is 5. The normalized spacial score (nSPS) is 15.6. The maximum absolute atomic E-state index is 15.0. The molecule has 0 radical (unpaired) electrons. The number of benzene rings is 2. The molecule has 6 rings (SSSR count). The smallest absolute Gasteiger partial charge is 0.253 e. The zero-order valence-electron chi connectivity index (χ0n) is 20.2. The number of rotatable bonds is 5. The molecule has 1 fully saturated rings. The van der Waals surface area contributed by atoms with E-state index in [4.69, 9.17) is 16.1 Å². The van der Waals surface area contributed by atoms with Gasteiger partial charge in [-0.3, -0.25) is 13.9 Å². The quantitative estimate of drug-likeness (QED) is 0.364. The van der Waals surface area contributed by atoms with Crippen molar-refractivity contribution in [3.05, 3.63) is 82.9 Å². The minimum atomic E-state index is -0.392. The number of nitrogens with one attached hydrogen (secondary N) is 1. The van der Waals surface area contributed by atoms with Crippen molar-refractivity contribution in [3.63, 3.8) is 0 Å². The van der Waals surface area contributed by atoms with Gasteiger partial charge in [-0.2, -0.15) is 0 Å². The number of nitrogens with zero attached hydrogens (tertiary/aromatic N) is 6. The number of anilines is 1. The summed E-state index contributed by atoms with van der Waals surface area (Å²) in [6.45, 7) is 5.10. The summed E-state index contributed by atoms with van der Waals surface area (Å²) in [5, 5.41) is 15.5. The summed E-state index contributed by atoms with van der Waals surface area (Å²) in [7, 11) is 0. The van der Waals surface area contributed by atoms with Crippen LogP contribution in [0.25, 0.3) is 22.5 Å². The van der Waals surface area contributed by atoms with E-state index in [0.717, 1.165) is 29.2 Å². The Morgan fingerprint density at radius 2 is 1.86 bits per heavy atom. The van der Waals surface area contributed by atoms with Gasteiger partial charge in [0.25, 0.3) is 5.91 Å². The highest BCUT2D eigenvalue weighted by Crippen LogP contribution is 2.35. The summed E-state index contributed by atoms with van der Waals surface area (Å²) < 4.78 is 24.3. The van der Waals surface area contributed by atoms with Crippen molar-refractivity contribution in [1.82, 2.24) is 29.8 Å². The third-order valence-electron chi connectivity index (χ3n) is 6.79. The van der Waals surface area contributed by atoms with Crippen LogP contribution in [0.5, 0.6) is 0 Å². The first-order valence-corrected chi connectivity index (χ1v) is 12.2. The van der Waals surface area contributed by atoms with Crippen molar-refractivity contribution >= 4 is 34.2 Å². The van der Waals surface area contributed by atoms with Crippen molar-refractivity contribution < 1.29 is 13.7 Å². The lowest BCUT2D eigenvalue weighted by atomic mass is 10.1. The highest BCUT2D eigenvalue weighted by atomic mass is 35.5. The Kier molecular flexibility index (Phi) is 5.68. The first-order valence-electron chi connectivity index (χ1n) is 11.8. The predicted molar refractivity (Wildman–Crippen MR) is 137 cm³/mol. The van der Waals surface area contributed by atoms with E-state index in [0.29, 0.717) is 40.5 Å². The van der Waals surface area contributed by atoms with E-state index in [1.807, 2.05) is 30.5 Å². The number of carbonyl (C=O) groups is 1. The second kappa shape index (κ2) is 9.04. The van der Waals surface area contributed by atoms with Crippen LogP contribution in [-0.4, -0.2) is 49.5 Å². The third kappa shape index (κ3) is 4.03. The Morgan fingerprint density at radius 3 is 2.59 bits per heavy atom. The third-order valence-corrected chi connectivity index (χ3v) is 7.11. The number of aryl methyl sites for hydroxylation is 2. The van der Waals surface area contributed by atoms with Crippen molar-refractivity contribution in [2.45, 2.75) is 26.3 Å². The van der Waals surface area contributed by atoms with Crippen LogP contribution in [0.2, 0.25) is 5.02 Å². The minimum absolute atomic E-state index is 0.113. The lowest BCUT2D eigenvalue weighted by Gasteiger charge is -2.19. The number of halogens is 2. The average Bonchev–Trinajstić information content (AvgIpc) is 3.68. The first-order chi connectivity index (χ1) is 17.9. The lowest BCUT2D eigenvalue weighted by Crippen LogP contribution is -2.37. The van der Waals surface area contributed by atoms with Crippen molar-refractivity contribution in [3.8, 4) is 11.5 Å². The van der Waals surface area contributed by atoms with E-state index in [1.54, 1.807) is 41.5 Å². The van der Waals surface area contributed by atoms with E-state index >= 15 is 0 Å². The zero-order chi connectivity index (χ0) is 25.7. The second-order valence-corrected chi connectivity index (χ2v) is 9.57. The molecule has 37 heavy (non-hydrogen) atoms. The number of hydrogen-bond donors (Lipinski definition) is 1. The molecule has 1 saturated heterocycles. The van der Waals surface area contributed by atoms with E-state index < -0.39 is 5.82 Å². The summed E-state index contributed by atoms with van der Waals surface area (Å²) >= 11 is 6.42. The molecule has 3 aromatic heterocycles. The van der Waals surface area contributed by atoms with E-state index in [2.05, 4.69) is 25.6 Å². The summed E-state index contributed by atoms with van der Waals surface area (Å²) in [6, 6.07) is 12.1. The highest BCUT2D eigenvalue weighted by molar-refractivity contribution is 6.34. The zero-order valence-corrected chi connectivity index (χ0v) is 20.9. The Morgan fingerprint density at radius 1 is 1.11 bits per heavy atom. The van der Waals surface area contributed by atoms with E-state index in [9.17, 15) is 9.18 Å². The summed E-state index contributed by atoms with van der Waals surface area (Å²) in [5.74, 6) is -0.212. The molecular formula is C26H23ClFN7O2. The maximum atomic E-state index is 15.0. The van der Waals surface area contributed by atoms with Gasteiger partial charge in [0.15, 0.2) is 11.4 Å². The van der Waals surface area contributed by atoms with Crippen molar-refractivity contribution in [2.24, 2.45) is 0 Å². The van der Waals surface area contributed by atoms with Crippen LogP contribution in [0.15, 0.2) is 59.6 Å². The Bertz CT molecular complexity index is 1610. The fourth-order valence-electron chi connectivity index (χ4n) is 4.93. The molecule has 1 aliphatic heterocycles. The van der Waals surface area contributed by atoms with Gasteiger partial charge in [-0.15, -0.1) is 10.2 Å². The topological polar surface area (TPSA) is 94.0 Å². The molecule has 188 valence electrons. The van der Waals surface area contributed by atoms with Crippen molar-refractivity contribution in [1.29, 1.82) is 0 Å². The molecular weight excluding hydrogens is 497 g/mol. The van der Waals surface area contributed by atoms with Crippen LogP contribution < -0.4 is 10.2 Å². The standard InChI is InChI=1S/C26H23ClFN7O2/c1-15-3-4-16(2)35(15)25-23-21(28)7-8-22(24(23)37-32-25)33-10-9-17(12-33)31-26(36)19-6-5-18(11-20(19)27)34-13-29-30-14-34/h3-8,11,13-14,17H,9-10,12H2,1-2H3,(H,31,36)/t17-/m1/s1. The Labute approximate surface area is 216 Å². The van der Waals surface area contributed by atoms with Gasteiger partial charge in [-0.05, 0) is 62.7 Å². The number of amides is 1. The minimum Gasteiger partial charge on any atom is -0.366 e. The number of hydrogen-bond acceptors (Lipinski definition) is 6. The van der Waals surface area contributed by atoms with Gasteiger partial charge in [0.2, 0.25) is 0 Å². The van der Waals surface area contributed by atoms with Crippen molar-refractivity contribution in [2.75, 3.05) is 18.0 Å². The average molecular weight is 520 g/mol. The SMILES string of the molecule is Cc1ccc(C)n1-c1noc2c(N3CC[C@@H](NC(=O)c4ccc(-n5cnnc5)cc4Cl)C3)ccc(F)c12. The fourth-order valence-corrected chi connectivity index (χ4v) is 5.19. The first kappa shape index (κ1) is 23.2. The molecule has 11 heteroatoms. The molecule has 4 heterocycles. The predicted octanol–water partition coefficient (Wildman–Crippen LogP) is 4.62. The van der Waals surface area contributed by atoms with Gasteiger partial charge in [0, 0.05) is 36.2 Å². The highest BCUT2D eigenvalue weighted by Gasteiger charge is 2.29. The Balaban J connectivity index is 1.22. The summed E-state index contributed by atoms with van der Waals surface area (Å²) in [5.41, 5.74) is 4.16. The van der Waals surface area contributed by atoms with E-state index in [-0.39, 0.29) is 11.9 Å². The van der Waals surface area contributed by atoms with Gasteiger partial charge in [-0.25, -0.2) is 4.39 Å². The molecule has 1 atom stereocenters. The molecule has 1 aliphatic rings. The maximum Gasteiger partial charge on any atom is 0.253 e. The van der Waals surface area contributed by atoms with Gasteiger partial charge in [-0.1, -0.05) is 16.8 Å². The van der Waals surface area contributed by atoms with Gasteiger partial charge in [0.1, 0.15) is 23.9 Å². The van der Waals surface area contributed by atoms with Crippen LogP contribution in [0.1, 0.15) is 28.2 Å². The Hall–Kier alpha value is -4.18. The molecule has 0 aliphatic carbocycles. The van der Waals surface area contributed by atoms with Gasteiger partial charge < -0.3 is 14.7 Å². The molecule has 0 saturated carbocycles. The molecule has 0 spiro atoms. The molecule has 1 amide bonds. The second-order valence-electron chi connectivity index (χ2n) is 9.17. The van der Waals surface area contributed by atoms with Crippen LogP contribution in [0.3, 0.4) is 0 Å². The number of fused-ring (bicyclic) bond motifs is 1. The molecule has 9 nitrogen and oxygen atoms in total. The lowest BCUT2D eigenvalue weighted by molar-refractivity contribution is 0.0940. The van der Waals surface area contributed by atoms with Gasteiger partial charge >= 0.3 is 0 Å². The van der Waals surface area contributed by atoms with Crippen LogP contribution >= 0.6 is 11.6 Å². The monoisotopic (exact) mass is 519 g/mol. The van der Waals surface area contributed by atoms with Crippen LogP contribution in [-0.2, 0) is 0 Å². The van der Waals surface area contributed by atoms with Crippen LogP contribution in [0.4, 0.5) is 10.1 Å². The molecule has 5 aromatic rings. The van der Waals surface area contributed by atoms with Crippen LogP contribution in [0, 0.1) is 19.7 Å².